The van der Waals surface area contributed by atoms with Gasteiger partial charge in [-0.25, -0.2) is 10.7 Å². The van der Waals surface area contributed by atoms with Crippen molar-refractivity contribution in [2.45, 2.75) is 33.9 Å². The average molecular weight is 218 g/mol. The zero-order chi connectivity index (χ0) is 12.4. The lowest BCUT2D eigenvalue weighted by molar-refractivity contribution is -0.152. The molecule has 15 heavy (non-hydrogen) atoms. The molecule has 90 valence electrons. The van der Waals surface area contributed by atoms with Crippen LogP contribution < -0.4 is 5.90 Å². The van der Waals surface area contributed by atoms with Crippen molar-refractivity contribution in [3.63, 3.8) is 0 Å². The van der Waals surface area contributed by atoms with E-state index < -0.39 is 0 Å². The van der Waals surface area contributed by atoms with Crippen LogP contribution in [0.15, 0.2) is 12.2 Å². The van der Waals surface area contributed by atoms with Crippen LogP contribution in [0.5, 0.6) is 0 Å². The van der Waals surface area contributed by atoms with Crippen molar-refractivity contribution >= 4 is 5.97 Å². The fraction of sp³-hybridized carbons (Fsp3) is 0.700. The molecule has 0 radical (unpaired) electrons. The zero-order valence-corrected chi connectivity index (χ0v) is 9.99. The molecule has 5 nitrogen and oxygen atoms in total. The summed E-state index contributed by atoms with van der Waals surface area (Å²) in [5.41, 5.74) is 0.444. The van der Waals surface area contributed by atoms with E-state index in [0.717, 1.165) is 13.1 Å². The zero-order valence-electron chi connectivity index (χ0n) is 9.99. The van der Waals surface area contributed by atoms with E-state index in [-0.39, 0.29) is 12.2 Å². The van der Waals surface area contributed by atoms with Crippen molar-refractivity contribution in [1.29, 1.82) is 0 Å². The van der Waals surface area contributed by atoms with Gasteiger partial charge in [0.05, 0.1) is 0 Å². The number of hydrogen-bond donors (Lipinski definition) is 2. The Labute approximate surface area is 91.5 Å². The van der Waals surface area contributed by atoms with E-state index in [1.807, 2.05) is 20.8 Å². The van der Waals surface area contributed by atoms with Crippen LogP contribution in [0.4, 0.5) is 0 Å². The number of ether oxygens (including phenoxy) is 1. The summed E-state index contributed by atoms with van der Waals surface area (Å²) in [5, 5.41) is 6.50. The Morgan fingerprint density at radius 1 is 1.47 bits per heavy atom. The fourth-order valence-corrected chi connectivity index (χ4v) is 1.07. The maximum absolute atomic E-state index is 11.1. The van der Waals surface area contributed by atoms with Crippen molar-refractivity contribution < 1.29 is 14.7 Å². The molecule has 0 spiro atoms. The number of nitrogens with two attached hydrogens (primary N) is 1. The van der Waals surface area contributed by atoms with Gasteiger partial charge in [0, 0.05) is 5.57 Å². The number of hydrogen-bond acceptors (Lipinski definition) is 5. The lowest BCUT2D eigenvalue weighted by Gasteiger charge is -2.25. The molecule has 0 saturated carbocycles. The minimum atomic E-state index is -0.320. The van der Waals surface area contributed by atoms with Gasteiger partial charge >= 0.3 is 5.97 Å². The standard InChI is InChI=1S/C10H19NO2.H3NO/c1-6-11(7-2)9(5)13-10(12)8(3)4;1-2/h9H,3,6-7H2,1-2,4-5H3;2H,1H2. The first-order valence-electron chi connectivity index (χ1n) is 4.89. The molecule has 0 aliphatic rings. The third-order valence-corrected chi connectivity index (χ3v) is 1.95. The van der Waals surface area contributed by atoms with Gasteiger partial charge in [0.15, 0.2) is 6.23 Å². The van der Waals surface area contributed by atoms with E-state index in [4.69, 9.17) is 9.94 Å². The van der Waals surface area contributed by atoms with E-state index in [0.29, 0.717) is 5.57 Å². The highest BCUT2D eigenvalue weighted by molar-refractivity contribution is 5.87. The van der Waals surface area contributed by atoms with Crippen molar-refractivity contribution in [3.05, 3.63) is 12.2 Å². The second-order valence-electron chi connectivity index (χ2n) is 3.01. The highest BCUT2D eigenvalue weighted by Gasteiger charge is 2.14. The summed E-state index contributed by atoms with van der Waals surface area (Å²) in [6.07, 6.45) is -0.167. The predicted octanol–water partition coefficient (Wildman–Crippen LogP) is 1.13. The Hall–Kier alpha value is -0.910. The number of carbonyl (C=O) groups is 1. The van der Waals surface area contributed by atoms with Crippen LogP contribution in [-0.4, -0.2) is 35.4 Å². The quantitative estimate of drug-likeness (QED) is 0.313. The normalized spacial score (nSPS) is 11.4. The molecule has 0 amide bonds. The Bertz CT molecular complexity index is 191. The van der Waals surface area contributed by atoms with Crippen LogP contribution in [0.2, 0.25) is 0 Å². The molecule has 0 aromatic rings. The summed E-state index contributed by atoms with van der Waals surface area (Å²) < 4.78 is 5.14. The molecule has 1 unspecified atom stereocenters. The average Bonchev–Trinajstić information content (AvgIpc) is 2.22. The summed E-state index contributed by atoms with van der Waals surface area (Å²) in [6.45, 7) is 12.9. The molecule has 0 aliphatic carbocycles. The van der Waals surface area contributed by atoms with Crippen LogP contribution in [-0.2, 0) is 9.53 Å². The lowest BCUT2D eigenvalue weighted by atomic mass is 10.3. The third-order valence-electron chi connectivity index (χ3n) is 1.95. The van der Waals surface area contributed by atoms with Crippen LogP contribution in [0.25, 0.3) is 0 Å². The second-order valence-corrected chi connectivity index (χ2v) is 3.01. The molecule has 0 rings (SSSR count). The first-order chi connectivity index (χ1) is 7.02. The van der Waals surface area contributed by atoms with Gasteiger partial charge < -0.3 is 9.94 Å². The number of carbonyl (C=O) groups excluding carboxylic acids is 1. The van der Waals surface area contributed by atoms with Crippen LogP contribution in [0, 0.1) is 0 Å². The molecule has 0 fully saturated rings. The van der Waals surface area contributed by atoms with Crippen molar-refractivity contribution in [1.82, 2.24) is 4.90 Å². The first-order valence-corrected chi connectivity index (χ1v) is 4.89. The van der Waals surface area contributed by atoms with E-state index in [2.05, 4.69) is 17.4 Å². The van der Waals surface area contributed by atoms with Gasteiger partial charge in [0.25, 0.3) is 0 Å². The molecule has 0 aromatic carbocycles. The summed E-state index contributed by atoms with van der Waals surface area (Å²) >= 11 is 0. The molecule has 0 bridgehead atoms. The first kappa shape index (κ1) is 16.5. The van der Waals surface area contributed by atoms with Gasteiger partial charge in [-0.2, -0.15) is 0 Å². The molecule has 0 aliphatic heterocycles. The fourth-order valence-electron chi connectivity index (χ4n) is 1.07. The van der Waals surface area contributed by atoms with E-state index in [9.17, 15) is 4.79 Å². The predicted molar refractivity (Wildman–Crippen MR) is 59.3 cm³/mol. The largest absolute Gasteiger partial charge is 0.443 e. The number of rotatable bonds is 5. The summed E-state index contributed by atoms with van der Waals surface area (Å²) in [7, 11) is 0. The lowest BCUT2D eigenvalue weighted by Crippen LogP contribution is -2.36. The highest BCUT2D eigenvalue weighted by atomic mass is 16.6. The molecule has 0 heterocycles. The number of nitrogens with zero attached hydrogens (tertiary/aromatic N) is 1. The summed E-state index contributed by atoms with van der Waals surface area (Å²) in [4.78, 5) is 13.2. The molecule has 0 saturated heterocycles. The van der Waals surface area contributed by atoms with Crippen molar-refractivity contribution in [3.8, 4) is 0 Å². The SMILES string of the molecule is C=C(C)C(=O)OC(C)N(CC)CC.NO. The molecule has 0 aromatic heterocycles. The Morgan fingerprint density at radius 2 is 1.87 bits per heavy atom. The van der Waals surface area contributed by atoms with Crippen LogP contribution in [0.1, 0.15) is 27.7 Å². The van der Waals surface area contributed by atoms with Gasteiger partial charge in [-0.15, -0.1) is 0 Å². The monoisotopic (exact) mass is 218 g/mol. The summed E-state index contributed by atoms with van der Waals surface area (Å²) in [6, 6.07) is 0. The summed E-state index contributed by atoms with van der Waals surface area (Å²) in [5.74, 6) is 3.18. The molecule has 3 N–H and O–H groups in total. The molecular formula is C10H22N2O3. The Morgan fingerprint density at radius 3 is 2.13 bits per heavy atom. The Kier molecular flexibility index (Phi) is 10.6. The van der Waals surface area contributed by atoms with Gasteiger partial charge in [-0.1, -0.05) is 20.4 Å². The van der Waals surface area contributed by atoms with Crippen molar-refractivity contribution in [2.24, 2.45) is 5.90 Å². The second kappa shape index (κ2) is 9.64. The van der Waals surface area contributed by atoms with Crippen molar-refractivity contribution in [2.75, 3.05) is 13.1 Å². The smallest absolute Gasteiger partial charge is 0.334 e. The van der Waals surface area contributed by atoms with E-state index in [1.54, 1.807) is 6.92 Å². The van der Waals surface area contributed by atoms with Crippen LogP contribution in [0.3, 0.4) is 0 Å². The number of esters is 1. The minimum Gasteiger partial charge on any atom is -0.443 e. The molecule has 1 atom stereocenters. The maximum atomic E-state index is 11.1. The third kappa shape index (κ3) is 7.07. The van der Waals surface area contributed by atoms with Gasteiger partial charge in [-0.3, -0.25) is 4.90 Å². The van der Waals surface area contributed by atoms with Gasteiger partial charge in [0.2, 0.25) is 0 Å². The maximum Gasteiger partial charge on any atom is 0.334 e. The van der Waals surface area contributed by atoms with Crippen LogP contribution >= 0.6 is 0 Å². The van der Waals surface area contributed by atoms with E-state index >= 15 is 0 Å². The highest BCUT2D eigenvalue weighted by Crippen LogP contribution is 2.03. The Balaban J connectivity index is 0. The minimum absolute atomic E-state index is 0.167. The van der Waals surface area contributed by atoms with E-state index in [1.165, 1.54) is 0 Å². The van der Waals surface area contributed by atoms with Gasteiger partial charge in [0.1, 0.15) is 0 Å². The molecule has 5 heteroatoms. The molecular weight excluding hydrogens is 196 g/mol. The van der Waals surface area contributed by atoms with Gasteiger partial charge in [-0.05, 0) is 26.9 Å². The topological polar surface area (TPSA) is 75.8 Å².